The molecule has 0 aliphatic carbocycles. The van der Waals surface area contributed by atoms with Crippen LogP contribution < -0.4 is 10.1 Å². The first-order valence-electron chi connectivity index (χ1n) is 14.3. The Labute approximate surface area is 274 Å². The number of amides is 3. The minimum absolute atomic E-state index is 0.118. The summed E-state index contributed by atoms with van der Waals surface area (Å²) in [5.74, 6) is -1.55. The smallest absolute Gasteiger partial charge is 0.326 e. The van der Waals surface area contributed by atoms with Crippen molar-refractivity contribution in [1.82, 2.24) is 15.1 Å². The molecule has 2 heterocycles. The Hall–Kier alpha value is -4.22. The molecule has 234 valence electrons. The van der Waals surface area contributed by atoms with E-state index in [9.17, 15) is 24.3 Å². The number of nitrogens with zero attached hydrogens (tertiary/aromatic N) is 3. The van der Waals surface area contributed by atoms with Crippen molar-refractivity contribution in [3.05, 3.63) is 98.5 Å². The van der Waals surface area contributed by atoms with Gasteiger partial charge in [0.15, 0.2) is 5.78 Å². The third-order valence-corrected chi connectivity index (χ3v) is 8.00. The highest BCUT2D eigenvalue weighted by atomic mass is 79.9. The van der Waals surface area contributed by atoms with Crippen molar-refractivity contribution < 1.29 is 29.0 Å². The fourth-order valence-corrected chi connectivity index (χ4v) is 5.92. The van der Waals surface area contributed by atoms with Crippen LogP contribution in [-0.2, 0) is 9.59 Å². The lowest BCUT2D eigenvalue weighted by Crippen LogP contribution is -2.55. The van der Waals surface area contributed by atoms with Crippen LogP contribution in [0, 0.1) is 0 Å². The number of hydrogen-bond donors (Lipinski definition) is 2. The van der Waals surface area contributed by atoms with Crippen LogP contribution >= 0.6 is 27.5 Å². The number of amidine groups is 1. The summed E-state index contributed by atoms with van der Waals surface area (Å²) in [6.45, 7) is 6.03. The van der Waals surface area contributed by atoms with Gasteiger partial charge in [0.05, 0.1) is 11.6 Å². The maximum Gasteiger partial charge on any atom is 0.326 e. The molecule has 0 saturated carbocycles. The Morgan fingerprint density at radius 1 is 1.07 bits per heavy atom. The van der Waals surface area contributed by atoms with Gasteiger partial charge in [-0.05, 0) is 68.3 Å². The predicted octanol–water partition coefficient (Wildman–Crippen LogP) is 6.03. The second kappa shape index (κ2) is 13.0. The summed E-state index contributed by atoms with van der Waals surface area (Å²) in [4.78, 5) is 59.2. The molecule has 0 radical (unpaired) electrons. The molecular weight excluding hydrogens is 664 g/mol. The Balaban J connectivity index is 1.73. The van der Waals surface area contributed by atoms with E-state index in [0.29, 0.717) is 23.7 Å². The van der Waals surface area contributed by atoms with Gasteiger partial charge in [0.2, 0.25) is 5.91 Å². The number of urea groups is 1. The molecule has 0 aromatic heterocycles. The molecule has 12 heteroatoms. The first kappa shape index (κ1) is 32.2. The Morgan fingerprint density at radius 2 is 1.80 bits per heavy atom. The number of nitrogens with one attached hydrogen (secondary N) is 1. The number of rotatable bonds is 7. The maximum absolute atomic E-state index is 14.5. The number of halogens is 2. The van der Waals surface area contributed by atoms with Crippen molar-refractivity contribution in [2.24, 2.45) is 4.99 Å². The molecule has 45 heavy (non-hydrogen) atoms. The molecule has 0 spiro atoms. The van der Waals surface area contributed by atoms with Gasteiger partial charge in [-0.3, -0.25) is 24.3 Å². The second-order valence-electron chi connectivity index (χ2n) is 11.8. The summed E-state index contributed by atoms with van der Waals surface area (Å²) in [5, 5.41) is 12.5. The van der Waals surface area contributed by atoms with Crippen molar-refractivity contribution in [1.29, 1.82) is 0 Å². The van der Waals surface area contributed by atoms with Crippen molar-refractivity contribution in [2.45, 2.75) is 44.9 Å². The van der Waals surface area contributed by atoms with Gasteiger partial charge in [-0.1, -0.05) is 57.9 Å². The van der Waals surface area contributed by atoms with Gasteiger partial charge in [-0.15, -0.1) is 0 Å². The average Bonchev–Trinajstić information content (AvgIpc) is 3.36. The van der Waals surface area contributed by atoms with Crippen LogP contribution in [0.4, 0.5) is 4.79 Å². The number of aliphatic imine (C=N–C) groups is 1. The second-order valence-corrected chi connectivity index (χ2v) is 13.1. The van der Waals surface area contributed by atoms with Crippen LogP contribution in [0.5, 0.6) is 5.75 Å². The van der Waals surface area contributed by atoms with E-state index in [1.807, 2.05) is 57.2 Å². The van der Waals surface area contributed by atoms with Crippen molar-refractivity contribution in [2.75, 3.05) is 19.6 Å². The number of carbonyl (C=O) groups is 4. The number of hydrogen-bond acceptors (Lipinski definition) is 6. The van der Waals surface area contributed by atoms with Gasteiger partial charge in [-0.2, -0.15) is 0 Å². The lowest BCUT2D eigenvalue weighted by Gasteiger charge is -2.36. The number of piperazine rings is 1. The van der Waals surface area contributed by atoms with E-state index in [1.165, 1.54) is 17.0 Å². The van der Waals surface area contributed by atoms with Crippen LogP contribution in [-0.4, -0.2) is 69.7 Å². The number of benzene rings is 3. The highest BCUT2D eigenvalue weighted by Crippen LogP contribution is 2.46. The standard InChI is InChI=1S/C33H32BrClN4O6/c1-33(2,3)45-26-16-20(25(40)17-28(42)43)9-12-24(26)31-37-29(19-7-10-23(35)11-8-19)30(21-5-4-6-22(34)15-21)39(31)32(44)38-14-13-36-27(41)18-38/h4-12,15-16,29-30H,13-14,17-18H2,1-3H3,(H,36,41)(H,42,43). The normalized spacial score (nSPS) is 18.3. The number of ketones is 1. The van der Waals surface area contributed by atoms with E-state index >= 15 is 0 Å². The third kappa shape index (κ3) is 7.37. The van der Waals surface area contributed by atoms with Crippen LogP contribution in [0.15, 0.2) is 76.2 Å². The summed E-state index contributed by atoms with van der Waals surface area (Å²) >= 11 is 9.80. The number of ether oxygens (including phenoxy) is 1. The Kier molecular flexibility index (Phi) is 9.31. The van der Waals surface area contributed by atoms with Crippen molar-refractivity contribution in [3.8, 4) is 5.75 Å². The zero-order valence-electron chi connectivity index (χ0n) is 24.9. The van der Waals surface area contributed by atoms with Gasteiger partial charge in [0.1, 0.15) is 36.2 Å². The molecule has 5 rings (SSSR count). The molecule has 2 unspecified atom stereocenters. The van der Waals surface area contributed by atoms with Crippen LogP contribution in [0.2, 0.25) is 5.02 Å². The Bertz CT molecular complexity index is 1690. The lowest BCUT2D eigenvalue weighted by atomic mass is 9.93. The molecule has 2 aliphatic heterocycles. The van der Waals surface area contributed by atoms with Gasteiger partial charge in [0.25, 0.3) is 0 Å². The van der Waals surface area contributed by atoms with E-state index in [0.717, 1.165) is 15.6 Å². The number of carboxylic acids is 1. The van der Waals surface area contributed by atoms with Crippen LogP contribution in [0.1, 0.15) is 66.3 Å². The quantitative estimate of drug-likeness (QED) is 0.229. The van der Waals surface area contributed by atoms with E-state index in [4.69, 9.17) is 21.3 Å². The van der Waals surface area contributed by atoms with Crippen molar-refractivity contribution in [3.63, 3.8) is 0 Å². The van der Waals surface area contributed by atoms with E-state index in [-0.39, 0.29) is 29.6 Å². The molecule has 3 aromatic rings. The number of carboxylic acid groups (broad SMARTS) is 1. The first-order valence-corrected chi connectivity index (χ1v) is 15.5. The molecule has 3 amide bonds. The molecule has 3 aromatic carbocycles. The predicted molar refractivity (Wildman–Crippen MR) is 173 cm³/mol. The topological polar surface area (TPSA) is 129 Å². The Morgan fingerprint density at radius 3 is 2.44 bits per heavy atom. The summed E-state index contributed by atoms with van der Waals surface area (Å²) in [5.41, 5.74) is 1.47. The number of aliphatic carboxylic acids is 1. The number of Topliss-reactive ketones (excluding diaryl/α,β-unsaturated/α-hetero) is 1. The summed E-state index contributed by atoms with van der Waals surface area (Å²) in [6, 6.07) is 17.9. The summed E-state index contributed by atoms with van der Waals surface area (Å²) in [6.07, 6.45) is -0.680. The number of carbonyl (C=O) groups excluding carboxylic acids is 3. The van der Waals surface area contributed by atoms with Crippen molar-refractivity contribution >= 4 is 57.1 Å². The fraction of sp³-hybridized carbons (Fsp3) is 0.303. The van der Waals surface area contributed by atoms with Crippen LogP contribution in [0.25, 0.3) is 0 Å². The molecule has 2 atom stereocenters. The minimum atomic E-state index is -1.24. The molecule has 0 bridgehead atoms. The molecule has 1 fully saturated rings. The molecular formula is C33H32BrClN4O6. The highest BCUT2D eigenvalue weighted by Gasteiger charge is 2.45. The lowest BCUT2D eigenvalue weighted by molar-refractivity contribution is -0.136. The van der Waals surface area contributed by atoms with Gasteiger partial charge >= 0.3 is 12.0 Å². The largest absolute Gasteiger partial charge is 0.487 e. The van der Waals surface area contributed by atoms with Gasteiger partial charge < -0.3 is 20.1 Å². The summed E-state index contributed by atoms with van der Waals surface area (Å²) in [7, 11) is 0. The van der Waals surface area contributed by atoms with E-state index in [1.54, 1.807) is 23.1 Å². The minimum Gasteiger partial charge on any atom is -0.487 e. The SMILES string of the molecule is CC(C)(C)Oc1cc(C(=O)CC(=O)O)ccc1C1=NC(c2ccc(Cl)cc2)C(c2cccc(Br)c2)N1C(=O)N1CCNC(=O)C1. The zero-order valence-corrected chi connectivity index (χ0v) is 27.3. The average molecular weight is 696 g/mol. The van der Waals surface area contributed by atoms with E-state index < -0.39 is 41.9 Å². The highest BCUT2D eigenvalue weighted by molar-refractivity contribution is 9.10. The van der Waals surface area contributed by atoms with E-state index in [2.05, 4.69) is 21.2 Å². The van der Waals surface area contributed by atoms with Crippen LogP contribution in [0.3, 0.4) is 0 Å². The van der Waals surface area contributed by atoms with Gasteiger partial charge in [-0.25, -0.2) is 4.79 Å². The molecule has 2 N–H and O–H groups in total. The summed E-state index contributed by atoms with van der Waals surface area (Å²) < 4.78 is 7.14. The fourth-order valence-electron chi connectivity index (χ4n) is 5.37. The van der Waals surface area contributed by atoms with Gasteiger partial charge in [0, 0.05) is 28.1 Å². The maximum atomic E-state index is 14.5. The molecule has 2 aliphatic rings. The monoisotopic (exact) mass is 694 g/mol. The molecule has 1 saturated heterocycles. The zero-order chi connectivity index (χ0) is 32.5. The third-order valence-electron chi connectivity index (χ3n) is 7.26. The molecule has 10 nitrogen and oxygen atoms in total. The first-order chi connectivity index (χ1) is 21.3.